The van der Waals surface area contributed by atoms with Gasteiger partial charge >= 0.3 is 0 Å². The lowest BCUT2D eigenvalue weighted by Crippen LogP contribution is -2.71. The van der Waals surface area contributed by atoms with Crippen molar-refractivity contribution in [2.24, 2.45) is 16.4 Å². The Morgan fingerprint density at radius 2 is 1.12 bits per heavy atom. The molecule has 1 spiro atoms. The highest BCUT2D eigenvalue weighted by Gasteiger charge is 2.65. The van der Waals surface area contributed by atoms with Gasteiger partial charge in [0, 0.05) is 5.41 Å². The first-order valence-electron chi connectivity index (χ1n) is 15.7. The molecule has 1 saturated carbocycles. The van der Waals surface area contributed by atoms with Crippen molar-refractivity contribution in [2.75, 3.05) is 6.61 Å². The van der Waals surface area contributed by atoms with Crippen LogP contribution in [0.25, 0.3) is 0 Å². The summed E-state index contributed by atoms with van der Waals surface area (Å²) in [5, 5.41) is 4.41. The number of rotatable bonds is 21. The van der Waals surface area contributed by atoms with Gasteiger partial charge in [-0.25, -0.2) is 0 Å². The van der Waals surface area contributed by atoms with E-state index in [1.807, 2.05) is 0 Å². The molecule has 0 aromatic heterocycles. The fourth-order valence-corrected chi connectivity index (χ4v) is 7.05. The van der Waals surface area contributed by atoms with Crippen molar-refractivity contribution in [1.29, 1.82) is 0 Å². The lowest BCUT2D eigenvalue weighted by Gasteiger charge is -2.63. The van der Waals surface area contributed by atoms with E-state index in [1.54, 1.807) is 0 Å². The zero-order valence-corrected chi connectivity index (χ0v) is 23.6. The Bertz CT molecular complexity index is 524. The topological polar surface area (TPSA) is 47.2 Å². The van der Waals surface area contributed by atoms with Gasteiger partial charge in [-0.15, -0.1) is 0 Å². The van der Waals surface area contributed by atoms with Crippen molar-refractivity contribution in [3.8, 4) is 0 Å². The Morgan fingerprint density at radius 1 is 0.676 bits per heavy atom. The van der Waals surface area contributed by atoms with Crippen LogP contribution in [0.15, 0.2) is 5.11 Å². The van der Waals surface area contributed by atoms with Gasteiger partial charge < -0.3 is 4.74 Å². The van der Waals surface area contributed by atoms with Gasteiger partial charge in [0.2, 0.25) is 0 Å². The van der Waals surface area contributed by atoms with E-state index in [0.29, 0.717) is 5.41 Å². The summed E-state index contributed by atoms with van der Waals surface area (Å²) in [7, 11) is 0. The predicted octanol–water partition coefficient (Wildman–Crippen LogP) is 8.98. The molecule has 34 heavy (non-hydrogen) atoms. The molecule has 0 aromatic carbocycles. The SMILES string of the molecule is CCCCCCCCCCCCC1(CCCCCCCCCC)COC12CC(C)CCC2N=[NH2+]. The van der Waals surface area contributed by atoms with Gasteiger partial charge in [-0.2, -0.15) is 5.53 Å². The second kappa shape index (κ2) is 17.1. The first-order chi connectivity index (χ1) is 16.6. The minimum atomic E-state index is -0.0557. The number of nitrogens with zero attached hydrogens (tertiary/aromatic N) is 1. The number of ether oxygens (including phenoxy) is 1. The van der Waals surface area contributed by atoms with Crippen LogP contribution in [0.2, 0.25) is 0 Å². The summed E-state index contributed by atoms with van der Waals surface area (Å²) in [4.78, 5) is 0. The summed E-state index contributed by atoms with van der Waals surface area (Å²) < 4.78 is 6.54. The van der Waals surface area contributed by atoms with Crippen LogP contribution in [-0.4, -0.2) is 18.2 Å². The quantitative estimate of drug-likeness (QED) is 0.130. The van der Waals surface area contributed by atoms with Crippen molar-refractivity contribution in [3.63, 3.8) is 0 Å². The second-order valence-electron chi connectivity index (χ2n) is 12.2. The van der Waals surface area contributed by atoms with E-state index >= 15 is 0 Å². The van der Waals surface area contributed by atoms with Gasteiger partial charge in [0.25, 0.3) is 0 Å². The van der Waals surface area contributed by atoms with Crippen LogP contribution >= 0.6 is 0 Å². The molecule has 0 radical (unpaired) electrons. The maximum Gasteiger partial charge on any atom is 0.141 e. The molecule has 2 N–H and O–H groups in total. The molecule has 200 valence electrons. The number of hydrogen-bond acceptors (Lipinski definition) is 2. The third-order valence-electron chi connectivity index (χ3n) is 9.32. The van der Waals surface area contributed by atoms with Gasteiger partial charge in [-0.1, -0.05) is 136 Å². The molecule has 2 rings (SSSR count). The summed E-state index contributed by atoms with van der Waals surface area (Å²) in [5.41, 5.74) is 6.26. The van der Waals surface area contributed by atoms with Crippen molar-refractivity contribution >= 4 is 0 Å². The van der Waals surface area contributed by atoms with Gasteiger partial charge in [-0.05, 0) is 43.1 Å². The zero-order chi connectivity index (χ0) is 24.5. The third kappa shape index (κ3) is 8.90. The highest BCUT2D eigenvalue weighted by molar-refractivity contribution is 5.14. The van der Waals surface area contributed by atoms with Crippen LogP contribution in [0.3, 0.4) is 0 Å². The fourth-order valence-electron chi connectivity index (χ4n) is 7.05. The molecule has 4 unspecified atom stereocenters. The van der Waals surface area contributed by atoms with Crippen LogP contribution in [0.4, 0.5) is 0 Å². The maximum atomic E-state index is 6.54. The number of hydrogen-bond donors (Lipinski definition) is 1. The summed E-state index contributed by atoms with van der Waals surface area (Å²) in [6.07, 6.45) is 31.5. The van der Waals surface area contributed by atoms with Crippen molar-refractivity contribution in [1.82, 2.24) is 0 Å². The van der Waals surface area contributed by atoms with Gasteiger partial charge in [0.05, 0.1) is 6.61 Å². The fraction of sp³-hybridized carbons (Fsp3) is 1.00. The van der Waals surface area contributed by atoms with Crippen LogP contribution < -0.4 is 5.53 Å². The Balaban J connectivity index is 1.79. The van der Waals surface area contributed by atoms with E-state index in [4.69, 9.17) is 10.3 Å². The largest absolute Gasteiger partial charge is 0.371 e. The van der Waals surface area contributed by atoms with Crippen LogP contribution in [0, 0.1) is 11.3 Å². The molecule has 2 aliphatic rings. The summed E-state index contributed by atoms with van der Waals surface area (Å²) in [5.74, 6) is 0.740. The summed E-state index contributed by atoms with van der Waals surface area (Å²) in [6.45, 7) is 7.98. The highest BCUT2D eigenvalue weighted by atomic mass is 16.5. The highest BCUT2D eigenvalue weighted by Crippen LogP contribution is 2.59. The molecule has 3 heteroatoms. The molecule has 1 saturated heterocycles. The lowest BCUT2D eigenvalue weighted by atomic mass is 9.54. The predicted molar refractivity (Wildman–Crippen MR) is 146 cm³/mol. The molecule has 2 fully saturated rings. The van der Waals surface area contributed by atoms with Crippen molar-refractivity contribution in [2.45, 2.75) is 180 Å². The molecule has 0 bridgehead atoms. The van der Waals surface area contributed by atoms with E-state index in [-0.39, 0.29) is 11.6 Å². The second-order valence-corrected chi connectivity index (χ2v) is 12.2. The van der Waals surface area contributed by atoms with E-state index in [0.717, 1.165) is 18.9 Å². The standard InChI is InChI=1S/C31H60N2O/c1-4-6-8-10-12-14-15-17-19-21-25-30(24-20-18-16-13-11-9-7-5-2)27-34-31(30)26-28(3)22-23-29(31)33-32/h28-29,32H,4-27H2,1-3H3/p+1. The Hall–Kier alpha value is -0.440. The van der Waals surface area contributed by atoms with E-state index in [9.17, 15) is 0 Å². The molecule has 1 heterocycles. The monoisotopic (exact) mass is 477 g/mol. The average Bonchev–Trinajstić information content (AvgIpc) is 2.84. The molecule has 0 amide bonds. The summed E-state index contributed by atoms with van der Waals surface area (Å²) >= 11 is 0. The maximum absolute atomic E-state index is 6.54. The summed E-state index contributed by atoms with van der Waals surface area (Å²) in [6, 6.07) is 0.217. The molecular formula is C31H61N2O+. The zero-order valence-electron chi connectivity index (χ0n) is 23.6. The van der Waals surface area contributed by atoms with E-state index in [2.05, 4.69) is 25.9 Å². The van der Waals surface area contributed by atoms with Crippen LogP contribution in [0.5, 0.6) is 0 Å². The van der Waals surface area contributed by atoms with Crippen molar-refractivity contribution < 1.29 is 10.3 Å². The first kappa shape index (κ1) is 29.8. The molecular weight excluding hydrogens is 416 g/mol. The van der Waals surface area contributed by atoms with Crippen LogP contribution in [0.1, 0.15) is 168 Å². The van der Waals surface area contributed by atoms with Gasteiger partial charge in [0.15, 0.2) is 0 Å². The minimum Gasteiger partial charge on any atom is -0.371 e. The van der Waals surface area contributed by atoms with E-state index in [1.165, 1.54) is 141 Å². The van der Waals surface area contributed by atoms with Gasteiger partial charge in [0.1, 0.15) is 11.6 Å². The Morgan fingerprint density at radius 3 is 1.50 bits per heavy atom. The third-order valence-corrected chi connectivity index (χ3v) is 9.32. The van der Waals surface area contributed by atoms with Crippen molar-refractivity contribution in [3.05, 3.63) is 0 Å². The molecule has 3 nitrogen and oxygen atoms in total. The first-order valence-corrected chi connectivity index (χ1v) is 15.7. The lowest BCUT2D eigenvalue weighted by molar-refractivity contribution is -0.324. The smallest absolute Gasteiger partial charge is 0.141 e. The normalized spacial score (nSPS) is 28.8. The molecule has 1 aliphatic heterocycles. The molecule has 1 aliphatic carbocycles. The van der Waals surface area contributed by atoms with Gasteiger partial charge in [-0.3, -0.25) is 0 Å². The van der Waals surface area contributed by atoms with Crippen LogP contribution in [-0.2, 0) is 4.74 Å². The molecule has 4 atom stereocenters. The minimum absolute atomic E-state index is 0.0557. The number of unbranched alkanes of at least 4 members (excludes halogenated alkanes) is 16. The Labute approximate surface area is 213 Å². The molecule has 0 aromatic rings. The average molecular weight is 478 g/mol. The Kier molecular flexibility index (Phi) is 15.0. The number of nitrogens with two attached hydrogens (primary N) is 1. The van der Waals surface area contributed by atoms with E-state index < -0.39 is 0 Å².